The highest BCUT2D eigenvalue weighted by atomic mass is 16.5. The molecule has 3 rings (SSSR count). The lowest BCUT2D eigenvalue weighted by molar-refractivity contribution is -0.141. The van der Waals surface area contributed by atoms with Crippen LogP contribution in [0.1, 0.15) is 35.8 Å². The number of hydrogen-bond acceptors (Lipinski definition) is 5. The fourth-order valence-corrected chi connectivity index (χ4v) is 3.64. The van der Waals surface area contributed by atoms with E-state index in [2.05, 4.69) is 10.4 Å². The number of nitrogens with zero attached hydrogens (tertiary/aromatic N) is 3. The first kappa shape index (κ1) is 19.9. The van der Waals surface area contributed by atoms with E-state index in [0.717, 1.165) is 22.6 Å². The highest BCUT2D eigenvalue weighted by Gasteiger charge is 2.29. The summed E-state index contributed by atoms with van der Waals surface area (Å²) in [5, 5.41) is 17.1. The van der Waals surface area contributed by atoms with Crippen LogP contribution in [0.3, 0.4) is 0 Å². The minimum absolute atomic E-state index is 0.0110. The molecular weight excluding hydrogens is 360 g/mol. The van der Waals surface area contributed by atoms with Crippen molar-refractivity contribution in [2.75, 3.05) is 20.2 Å². The van der Waals surface area contributed by atoms with Crippen LogP contribution in [0, 0.1) is 13.8 Å². The maximum atomic E-state index is 12.0. The number of carbonyl (C=O) groups is 2. The van der Waals surface area contributed by atoms with Gasteiger partial charge in [-0.1, -0.05) is 12.1 Å². The van der Waals surface area contributed by atoms with Crippen LogP contribution in [0.4, 0.5) is 4.79 Å². The molecule has 1 aromatic heterocycles. The van der Waals surface area contributed by atoms with Crippen LogP contribution >= 0.6 is 0 Å². The van der Waals surface area contributed by atoms with Crippen LogP contribution in [0.5, 0.6) is 0 Å². The SMILES string of the molecule is COC(=O)CC(N[C@H]1CCN(C(=O)O)C1)c1cccc(-n2nc(C)cc2C)c1. The summed E-state index contributed by atoms with van der Waals surface area (Å²) in [6.07, 6.45) is -0.0396. The number of carbonyl (C=O) groups excluding carboxylic acids is 1. The van der Waals surface area contributed by atoms with E-state index < -0.39 is 6.09 Å². The van der Waals surface area contributed by atoms with Crippen LogP contribution in [-0.4, -0.2) is 58.1 Å². The minimum atomic E-state index is -0.916. The lowest BCUT2D eigenvalue weighted by atomic mass is 10.0. The first-order valence-corrected chi connectivity index (χ1v) is 9.31. The van der Waals surface area contributed by atoms with Crippen molar-refractivity contribution in [3.63, 3.8) is 0 Å². The van der Waals surface area contributed by atoms with Crippen LogP contribution in [-0.2, 0) is 9.53 Å². The molecule has 2 heterocycles. The summed E-state index contributed by atoms with van der Waals surface area (Å²) in [6.45, 7) is 4.84. The van der Waals surface area contributed by atoms with Gasteiger partial charge in [-0.15, -0.1) is 0 Å². The Bertz CT molecular complexity index is 864. The summed E-state index contributed by atoms with van der Waals surface area (Å²) < 4.78 is 6.73. The number of aromatic nitrogens is 2. The molecule has 1 saturated heterocycles. The second-order valence-electron chi connectivity index (χ2n) is 7.15. The van der Waals surface area contributed by atoms with E-state index >= 15 is 0 Å². The summed E-state index contributed by atoms with van der Waals surface area (Å²) in [5.74, 6) is -0.317. The summed E-state index contributed by atoms with van der Waals surface area (Å²) >= 11 is 0. The Hall–Kier alpha value is -2.87. The summed E-state index contributed by atoms with van der Waals surface area (Å²) in [5.41, 5.74) is 3.81. The van der Waals surface area contributed by atoms with Gasteiger partial charge in [0.1, 0.15) is 0 Å². The minimum Gasteiger partial charge on any atom is -0.469 e. The van der Waals surface area contributed by atoms with E-state index in [4.69, 9.17) is 4.74 Å². The number of methoxy groups -OCH3 is 1. The largest absolute Gasteiger partial charge is 0.469 e. The van der Waals surface area contributed by atoms with Crippen LogP contribution < -0.4 is 5.32 Å². The van der Waals surface area contributed by atoms with Gasteiger partial charge in [0.05, 0.1) is 24.9 Å². The molecule has 1 aliphatic rings. The van der Waals surface area contributed by atoms with Gasteiger partial charge in [-0.05, 0) is 44.0 Å². The lowest BCUT2D eigenvalue weighted by Crippen LogP contribution is -2.37. The summed E-state index contributed by atoms with van der Waals surface area (Å²) in [4.78, 5) is 24.5. The van der Waals surface area contributed by atoms with Gasteiger partial charge in [0.25, 0.3) is 0 Å². The van der Waals surface area contributed by atoms with Gasteiger partial charge >= 0.3 is 12.1 Å². The number of rotatable bonds is 6. The molecule has 8 heteroatoms. The predicted octanol–water partition coefficient (Wildman–Crippen LogP) is 2.44. The number of hydrogen-bond donors (Lipinski definition) is 2. The lowest BCUT2D eigenvalue weighted by Gasteiger charge is -2.23. The van der Waals surface area contributed by atoms with Crippen molar-refractivity contribution in [3.05, 3.63) is 47.3 Å². The van der Waals surface area contributed by atoms with Gasteiger partial charge < -0.3 is 20.1 Å². The molecule has 1 aromatic carbocycles. The standard InChI is InChI=1S/C20H26N4O4/c1-13-9-14(2)24(22-13)17-6-4-5-15(10-17)18(11-19(25)28-3)21-16-7-8-23(12-16)20(26)27/h4-6,9-10,16,18,21H,7-8,11-12H2,1-3H3,(H,26,27)/t16-,18?/m0/s1. The maximum absolute atomic E-state index is 12.0. The molecule has 0 spiro atoms. The Morgan fingerprint density at radius 1 is 1.36 bits per heavy atom. The molecule has 0 bridgehead atoms. The number of aryl methyl sites for hydroxylation is 2. The third-order valence-corrected chi connectivity index (χ3v) is 5.02. The second-order valence-corrected chi connectivity index (χ2v) is 7.15. The number of benzene rings is 1. The van der Waals surface area contributed by atoms with Gasteiger partial charge in [-0.25, -0.2) is 9.48 Å². The molecule has 1 unspecified atom stereocenters. The second kappa shape index (κ2) is 8.43. The Morgan fingerprint density at radius 3 is 2.75 bits per heavy atom. The zero-order chi connectivity index (χ0) is 20.3. The highest BCUT2D eigenvalue weighted by molar-refractivity contribution is 5.70. The fourth-order valence-electron chi connectivity index (χ4n) is 3.64. The summed E-state index contributed by atoms with van der Waals surface area (Å²) in [7, 11) is 1.37. The van der Waals surface area contributed by atoms with Crippen molar-refractivity contribution in [1.29, 1.82) is 0 Å². The molecule has 28 heavy (non-hydrogen) atoms. The zero-order valence-corrected chi connectivity index (χ0v) is 16.4. The Kier molecular flexibility index (Phi) is 5.99. The molecule has 2 aromatic rings. The molecule has 0 radical (unpaired) electrons. The number of likely N-dealkylation sites (tertiary alicyclic amines) is 1. The van der Waals surface area contributed by atoms with Crippen LogP contribution in [0.25, 0.3) is 5.69 Å². The van der Waals surface area contributed by atoms with Gasteiger partial charge in [0.15, 0.2) is 0 Å². The van der Waals surface area contributed by atoms with Gasteiger partial charge in [-0.2, -0.15) is 5.10 Å². The molecule has 150 valence electrons. The molecule has 0 aliphatic carbocycles. The molecule has 1 fully saturated rings. The van der Waals surface area contributed by atoms with E-state index in [-0.39, 0.29) is 24.5 Å². The molecule has 2 N–H and O–H groups in total. The smallest absolute Gasteiger partial charge is 0.407 e. The number of carboxylic acid groups (broad SMARTS) is 1. The summed E-state index contributed by atoms with van der Waals surface area (Å²) in [6, 6.07) is 9.59. The topological polar surface area (TPSA) is 96.7 Å². The Labute approximate surface area is 164 Å². The Balaban J connectivity index is 1.84. The maximum Gasteiger partial charge on any atom is 0.407 e. The number of amides is 1. The number of esters is 1. The first-order valence-electron chi connectivity index (χ1n) is 9.31. The number of nitrogens with one attached hydrogen (secondary N) is 1. The quantitative estimate of drug-likeness (QED) is 0.740. The average molecular weight is 386 g/mol. The predicted molar refractivity (Wildman–Crippen MR) is 104 cm³/mol. The zero-order valence-electron chi connectivity index (χ0n) is 16.4. The van der Waals surface area contributed by atoms with Gasteiger partial charge in [0.2, 0.25) is 0 Å². The number of ether oxygens (including phenoxy) is 1. The normalized spacial score (nSPS) is 17.5. The van der Waals surface area contributed by atoms with Crippen molar-refractivity contribution in [2.24, 2.45) is 0 Å². The van der Waals surface area contributed by atoms with E-state index in [1.54, 1.807) is 0 Å². The molecule has 2 atom stereocenters. The third kappa shape index (κ3) is 4.51. The van der Waals surface area contributed by atoms with E-state index in [1.165, 1.54) is 12.0 Å². The fraction of sp³-hybridized carbons (Fsp3) is 0.450. The van der Waals surface area contributed by atoms with Crippen molar-refractivity contribution in [3.8, 4) is 5.69 Å². The molecule has 0 saturated carbocycles. The van der Waals surface area contributed by atoms with Crippen LogP contribution in [0.15, 0.2) is 30.3 Å². The van der Waals surface area contributed by atoms with Crippen LogP contribution in [0.2, 0.25) is 0 Å². The molecule has 1 aliphatic heterocycles. The van der Waals surface area contributed by atoms with Crippen molar-refractivity contribution >= 4 is 12.1 Å². The van der Waals surface area contributed by atoms with E-state index in [1.807, 2.05) is 48.9 Å². The molecular formula is C20H26N4O4. The monoisotopic (exact) mass is 386 g/mol. The first-order chi connectivity index (χ1) is 13.4. The average Bonchev–Trinajstić information content (AvgIpc) is 3.27. The highest BCUT2D eigenvalue weighted by Crippen LogP contribution is 2.24. The van der Waals surface area contributed by atoms with Gasteiger partial charge in [-0.3, -0.25) is 4.79 Å². The van der Waals surface area contributed by atoms with Gasteiger partial charge in [0, 0.05) is 30.9 Å². The molecule has 1 amide bonds. The third-order valence-electron chi connectivity index (χ3n) is 5.02. The molecule has 8 nitrogen and oxygen atoms in total. The van der Waals surface area contributed by atoms with Crippen molar-refractivity contribution < 1.29 is 19.4 Å². The van der Waals surface area contributed by atoms with E-state index in [9.17, 15) is 14.7 Å². The van der Waals surface area contributed by atoms with Crippen molar-refractivity contribution in [2.45, 2.75) is 38.8 Å². The van der Waals surface area contributed by atoms with Crippen molar-refractivity contribution in [1.82, 2.24) is 20.0 Å². The Morgan fingerprint density at radius 2 is 2.14 bits per heavy atom. The van der Waals surface area contributed by atoms with E-state index in [0.29, 0.717) is 19.5 Å².